The van der Waals surface area contributed by atoms with E-state index >= 15 is 0 Å². The normalized spacial score (nSPS) is 14.9. The van der Waals surface area contributed by atoms with Crippen LogP contribution in [0.2, 0.25) is 5.02 Å². The molecule has 0 bridgehead atoms. The molecule has 3 aromatic carbocycles. The molecular formula is C31H35BClN3O7. The summed E-state index contributed by atoms with van der Waals surface area (Å²) >= 11 is 6.15. The SMILES string of the molecule is O=C(N[C@@H](Cc1cccc(Cl)c1)C(=O)N[C@@H](Cc1ccc(O)cc1)C(=O)N[C@H](B(O)O)C1CCC1)OCc1ccccc1. The number of alkyl carbamates (subject to hydrolysis) is 1. The Morgan fingerprint density at radius 3 is 2.07 bits per heavy atom. The molecule has 0 aliphatic heterocycles. The fourth-order valence-electron chi connectivity index (χ4n) is 4.86. The van der Waals surface area contributed by atoms with Gasteiger partial charge in [-0.25, -0.2) is 4.79 Å². The van der Waals surface area contributed by atoms with Gasteiger partial charge in [-0.3, -0.25) is 9.59 Å². The third kappa shape index (κ3) is 9.74. The fourth-order valence-corrected chi connectivity index (χ4v) is 5.08. The molecule has 0 aromatic heterocycles. The van der Waals surface area contributed by atoms with Crippen molar-refractivity contribution in [2.24, 2.45) is 5.92 Å². The van der Waals surface area contributed by atoms with Crippen LogP contribution in [0, 0.1) is 5.92 Å². The van der Waals surface area contributed by atoms with Gasteiger partial charge >= 0.3 is 13.2 Å². The summed E-state index contributed by atoms with van der Waals surface area (Å²) in [4.78, 5) is 39.9. The number of phenols is 1. The van der Waals surface area contributed by atoms with E-state index < -0.39 is 43.1 Å². The number of amides is 3. The molecule has 4 rings (SSSR count). The third-order valence-electron chi connectivity index (χ3n) is 7.45. The van der Waals surface area contributed by atoms with Gasteiger partial charge in [0.15, 0.2) is 0 Å². The molecule has 1 aliphatic carbocycles. The first-order valence-electron chi connectivity index (χ1n) is 14.1. The molecule has 43 heavy (non-hydrogen) atoms. The highest BCUT2D eigenvalue weighted by Crippen LogP contribution is 2.30. The topological polar surface area (TPSA) is 157 Å². The molecule has 3 amide bonds. The Labute approximate surface area is 255 Å². The van der Waals surface area contributed by atoms with E-state index in [1.165, 1.54) is 12.1 Å². The van der Waals surface area contributed by atoms with Gasteiger partial charge in [0.05, 0.1) is 5.94 Å². The second kappa shape index (κ2) is 15.4. The molecule has 226 valence electrons. The summed E-state index contributed by atoms with van der Waals surface area (Å²) in [5.41, 5.74) is 2.08. The van der Waals surface area contributed by atoms with Crippen LogP contribution in [0.15, 0.2) is 78.9 Å². The molecule has 0 heterocycles. The molecular weight excluding hydrogens is 573 g/mol. The molecule has 1 fully saturated rings. The average Bonchev–Trinajstić information content (AvgIpc) is 2.95. The Kier molecular flexibility index (Phi) is 11.4. The van der Waals surface area contributed by atoms with E-state index in [2.05, 4.69) is 16.0 Å². The molecule has 0 saturated heterocycles. The molecule has 12 heteroatoms. The number of rotatable bonds is 13. The maximum atomic E-state index is 13.7. The lowest BCUT2D eigenvalue weighted by Crippen LogP contribution is -2.60. The van der Waals surface area contributed by atoms with E-state index in [0.717, 1.165) is 24.8 Å². The maximum Gasteiger partial charge on any atom is 0.475 e. The lowest BCUT2D eigenvalue weighted by molar-refractivity contribution is -0.130. The molecule has 0 spiro atoms. The molecule has 3 atom stereocenters. The Balaban J connectivity index is 1.52. The van der Waals surface area contributed by atoms with Crippen LogP contribution in [-0.4, -0.2) is 58.2 Å². The largest absolute Gasteiger partial charge is 0.508 e. The van der Waals surface area contributed by atoms with Crippen LogP contribution in [0.4, 0.5) is 4.79 Å². The summed E-state index contributed by atoms with van der Waals surface area (Å²) in [6.07, 6.45) is 1.69. The van der Waals surface area contributed by atoms with Crippen LogP contribution in [-0.2, 0) is 33.8 Å². The summed E-state index contributed by atoms with van der Waals surface area (Å²) in [5, 5.41) is 38.1. The van der Waals surface area contributed by atoms with Crippen molar-refractivity contribution in [1.29, 1.82) is 0 Å². The van der Waals surface area contributed by atoms with Gasteiger partial charge in [0.1, 0.15) is 24.4 Å². The molecule has 1 saturated carbocycles. The number of carbonyl (C=O) groups is 3. The van der Waals surface area contributed by atoms with Crippen molar-refractivity contribution in [3.8, 4) is 5.75 Å². The van der Waals surface area contributed by atoms with Crippen LogP contribution < -0.4 is 16.0 Å². The Morgan fingerprint density at radius 1 is 0.814 bits per heavy atom. The number of benzene rings is 3. The van der Waals surface area contributed by atoms with Crippen molar-refractivity contribution in [3.05, 3.63) is 101 Å². The summed E-state index contributed by atoms with van der Waals surface area (Å²) in [5.74, 6) is -2.21. The summed E-state index contributed by atoms with van der Waals surface area (Å²) < 4.78 is 5.34. The van der Waals surface area contributed by atoms with E-state index in [-0.39, 0.29) is 31.1 Å². The lowest BCUT2D eigenvalue weighted by atomic mass is 9.64. The van der Waals surface area contributed by atoms with Crippen molar-refractivity contribution in [2.45, 2.75) is 56.7 Å². The van der Waals surface area contributed by atoms with E-state index in [1.807, 2.05) is 18.2 Å². The Hall–Kier alpha value is -4.06. The lowest BCUT2D eigenvalue weighted by Gasteiger charge is -2.34. The molecule has 1 aliphatic rings. The van der Waals surface area contributed by atoms with Crippen molar-refractivity contribution in [2.75, 3.05) is 0 Å². The van der Waals surface area contributed by atoms with Gasteiger partial charge in [-0.2, -0.15) is 0 Å². The van der Waals surface area contributed by atoms with Gasteiger partial charge in [0, 0.05) is 17.9 Å². The molecule has 6 N–H and O–H groups in total. The van der Waals surface area contributed by atoms with Gasteiger partial charge in [-0.15, -0.1) is 0 Å². The zero-order chi connectivity index (χ0) is 30.8. The van der Waals surface area contributed by atoms with E-state index in [4.69, 9.17) is 16.3 Å². The van der Waals surface area contributed by atoms with Crippen molar-refractivity contribution < 1.29 is 34.3 Å². The second-order valence-corrected chi connectivity index (χ2v) is 11.1. The van der Waals surface area contributed by atoms with Crippen LogP contribution in [0.25, 0.3) is 0 Å². The predicted octanol–water partition coefficient (Wildman–Crippen LogP) is 2.91. The van der Waals surface area contributed by atoms with E-state index in [9.17, 15) is 29.5 Å². The molecule has 10 nitrogen and oxygen atoms in total. The van der Waals surface area contributed by atoms with E-state index in [0.29, 0.717) is 16.1 Å². The molecule has 0 radical (unpaired) electrons. The minimum Gasteiger partial charge on any atom is -0.508 e. The highest BCUT2D eigenvalue weighted by atomic mass is 35.5. The number of hydrogen-bond donors (Lipinski definition) is 6. The fraction of sp³-hybridized carbons (Fsp3) is 0.323. The number of carbonyl (C=O) groups excluding carboxylic acids is 3. The van der Waals surface area contributed by atoms with Gasteiger partial charge < -0.3 is 35.8 Å². The summed E-state index contributed by atoms with van der Waals surface area (Å²) in [6.45, 7) is -0.00387. The maximum absolute atomic E-state index is 13.7. The van der Waals surface area contributed by atoms with Crippen LogP contribution in [0.5, 0.6) is 5.75 Å². The smallest absolute Gasteiger partial charge is 0.475 e. The molecule has 0 unspecified atom stereocenters. The number of nitrogens with one attached hydrogen (secondary N) is 3. The minimum atomic E-state index is -1.77. The number of ether oxygens (including phenoxy) is 1. The monoisotopic (exact) mass is 607 g/mol. The predicted molar refractivity (Wildman–Crippen MR) is 162 cm³/mol. The van der Waals surface area contributed by atoms with Crippen molar-refractivity contribution in [3.63, 3.8) is 0 Å². The average molecular weight is 608 g/mol. The van der Waals surface area contributed by atoms with Crippen LogP contribution >= 0.6 is 11.6 Å². The quantitative estimate of drug-likeness (QED) is 0.163. The van der Waals surface area contributed by atoms with Crippen LogP contribution in [0.3, 0.4) is 0 Å². The highest BCUT2D eigenvalue weighted by Gasteiger charge is 2.38. The summed E-state index contributed by atoms with van der Waals surface area (Å²) in [7, 11) is -1.77. The number of phenolic OH excluding ortho intramolecular Hbond substituents is 1. The molecule has 3 aromatic rings. The summed E-state index contributed by atoms with van der Waals surface area (Å²) in [6, 6.07) is 19.8. The van der Waals surface area contributed by atoms with Crippen LogP contribution in [0.1, 0.15) is 36.0 Å². The van der Waals surface area contributed by atoms with Crippen molar-refractivity contribution in [1.82, 2.24) is 16.0 Å². The Bertz CT molecular complexity index is 1370. The zero-order valence-corrected chi connectivity index (χ0v) is 24.2. The van der Waals surface area contributed by atoms with Gasteiger partial charge in [-0.1, -0.05) is 72.6 Å². The first-order valence-corrected chi connectivity index (χ1v) is 14.5. The zero-order valence-electron chi connectivity index (χ0n) is 23.5. The van der Waals surface area contributed by atoms with E-state index in [1.54, 1.807) is 48.5 Å². The number of hydrogen-bond acceptors (Lipinski definition) is 7. The second-order valence-electron chi connectivity index (χ2n) is 10.7. The standard InChI is InChI=1S/C31H35BClN3O7/c33-24-11-4-8-22(16-24)18-27(35-31(40)43-19-21-6-2-1-3-7-21)29(38)34-26(17-20-12-14-25(37)15-13-20)30(39)36-28(32(41)42)23-9-5-10-23/h1-4,6-8,11-16,23,26-28,37,41-42H,5,9-10,17-19H2,(H,34,38)(H,35,40)(H,36,39)/t26-,27-,28-/m0/s1. The van der Waals surface area contributed by atoms with Gasteiger partial charge in [-0.05, 0) is 59.7 Å². The first-order chi connectivity index (χ1) is 20.7. The minimum absolute atomic E-state index is 0.00387. The Morgan fingerprint density at radius 2 is 1.44 bits per heavy atom. The van der Waals surface area contributed by atoms with Crippen molar-refractivity contribution >= 4 is 36.6 Å². The number of aromatic hydroxyl groups is 1. The van der Waals surface area contributed by atoms with Gasteiger partial charge in [0.25, 0.3) is 0 Å². The number of halogens is 1. The van der Waals surface area contributed by atoms with Gasteiger partial charge in [0.2, 0.25) is 11.8 Å². The highest BCUT2D eigenvalue weighted by molar-refractivity contribution is 6.43. The third-order valence-corrected chi connectivity index (χ3v) is 7.68. The first kappa shape index (κ1) is 31.9.